The van der Waals surface area contributed by atoms with E-state index < -0.39 is 5.60 Å². The van der Waals surface area contributed by atoms with Crippen molar-refractivity contribution in [3.05, 3.63) is 77.9 Å². The molecule has 0 amide bonds. The Labute approximate surface area is 138 Å². The highest BCUT2D eigenvalue weighted by Crippen LogP contribution is 2.21. The van der Waals surface area contributed by atoms with Crippen molar-refractivity contribution < 1.29 is 9.53 Å². The summed E-state index contributed by atoms with van der Waals surface area (Å²) in [5.74, 6) is -0.288. The number of carbonyl (C=O) groups excluding carboxylic acids is 1. The van der Waals surface area contributed by atoms with Crippen LogP contribution in [0.25, 0.3) is 5.57 Å². The van der Waals surface area contributed by atoms with Crippen LogP contribution in [0.3, 0.4) is 0 Å². The van der Waals surface area contributed by atoms with E-state index in [2.05, 4.69) is 12.1 Å². The van der Waals surface area contributed by atoms with Gasteiger partial charge in [-0.2, -0.15) is 0 Å². The van der Waals surface area contributed by atoms with E-state index in [1.165, 1.54) is 5.56 Å². The van der Waals surface area contributed by atoms with Crippen LogP contribution in [0.15, 0.2) is 66.7 Å². The smallest absolute Gasteiger partial charge is 0.331 e. The molecule has 0 aliphatic carbocycles. The average Bonchev–Trinajstić information content (AvgIpc) is 2.51. The topological polar surface area (TPSA) is 26.3 Å². The Kier molecular flexibility index (Phi) is 5.75. The third kappa shape index (κ3) is 6.11. The van der Waals surface area contributed by atoms with Crippen molar-refractivity contribution in [1.82, 2.24) is 0 Å². The van der Waals surface area contributed by atoms with Crippen molar-refractivity contribution in [2.75, 3.05) is 0 Å². The third-order valence-corrected chi connectivity index (χ3v) is 3.37. The van der Waals surface area contributed by atoms with Crippen LogP contribution in [0.1, 0.15) is 38.3 Å². The Morgan fingerprint density at radius 1 is 0.957 bits per heavy atom. The van der Waals surface area contributed by atoms with Crippen LogP contribution in [0.2, 0.25) is 0 Å². The largest absolute Gasteiger partial charge is 0.457 e. The van der Waals surface area contributed by atoms with Crippen LogP contribution in [0.5, 0.6) is 0 Å². The van der Waals surface area contributed by atoms with Gasteiger partial charge >= 0.3 is 5.97 Å². The number of hydrogen-bond acceptors (Lipinski definition) is 2. The van der Waals surface area contributed by atoms with Gasteiger partial charge in [0.25, 0.3) is 0 Å². The lowest BCUT2D eigenvalue weighted by atomic mass is 9.98. The van der Waals surface area contributed by atoms with Crippen LogP contribution < -0.4 is 0 Å². The molecule has 2 aromatic rings. The summed E-state index contributed by atoms with van der Waals surface area (Å²) in [5.41, 5.74) is 2.85. The quantitative estimate of drug-likeness (QED) is 0.571. The summed E-state index contributed by atoms with van der Waals surface area (Å²) in [6.07, 6.45) is 3.32. The van der Waals surface area contributed by atoms with Crippen molar-refractivity contribution in [3.63, 3.8) is 0 Å². The highest BCUT2D eigenvalue weighted by molar-refractivity contribution is 5.91. The van der Waals surface area contributed by atoms with E-state index in [0.717, 1.165) is 24.0 Å². The minimum atomic E-state index is -0.477. The number of esters is 1. The molecule has 0 heterocycles. The highest BCUT2D eigenvalue weighted by Gasteiger charge is 2.15. The lowest BCUT2D eigenvalue weighted by molar-refractivity contribution is -0.148. The minimum absolute atomic E-state index is 0.288. The molecule has 23 heavy (non-hydrogen) atoms. The van der Waals surface area contributed by atoms with E-state index >= 15 is 0 Å². The van der Waals surface area contributed by atoms with E-state index in [9.17, 15) is 4.79 Å². The SMILES string of the molecule is CC(C)(C)OC(=O)/C=C(/CCc1ccccc1)c1ccccc1. The van der Waals surface area contributed by atoms with Crippen LogP contribution in [-0.2, 0) is 16.0 Å². The summed E-state index contributed by atoms with van der Waals surface area (Å²) in [5, 5.41) is 0. The summed E-state index contributed by atoms with van der Waals surface area (Å²) in [7, 11) is 0. The molecule has 0 radical (unpaired) electrons. The molecule has 120 valence electrons. The number of aryl methyl sites for hydroxylation is 1. The molecule has 2 heteroatoms. The molecule has 0 aliphatic rings. The fourth-order valence-electron chi connectivity index (χ4n) is 2.35. The zero-order valence-electron chi connectivity index (χ0n) is 14.1. The molecule has 0 aliphatic heterocycles. The van der Waals surface area contributed by atoms with E-state index in [1.54, 1.807) is 6.08 Å². The van der Waals surface area contributed by atoms with Gasteiger partial charge in [-0.25, -0.2) is 4.79 Å². The average molecular weight is 308 g/mol. The molecule has 0 saturated carbocycles. The molecule has 0 saturated heterocycles. The van der Waals surface area contributed by atoms with Crippen molar-refractivity contribution in [2.45, 2.75) is 39.2 Å². The summed E-state index contributed by atoms with van der Waals surface area (Å²) in [6, 6.07) is 20.3. The number of benzene rings is 2. The molecule has 0 aromatic heterocycles. The molecule has 0 atom stereocenters. The monoisotopic (exact) mass is 308 g/mol. The summed E-state index contributed by atoms with van der Waals surface area (Å²) in [4.78, 5) is 12.2. The lowest BCUT2D eigenvalue weighted by Gasteiger charge is -2.18. The maximum Gasteiger partial charge on any atom is 0.331 e. The van der Waals surface area contributed by atoms with Crippen LogP contribution in [0.4, 0.5) is 0 Å². The molecule has 0 N–H and O–H groups in total. The van der Waals surface area contributed by atoms with E-state index in [1.807, 2.05) is 69.3 Å². The van der Waals surface area contributed by atoms with Crippen molar-refractivity contribution in [1.29, 1.82) is 0 Å². The first-order valence-corrected chi connectivity index (χ1v) is 7.97. The normalized spacial score (nSPS) is 12.0. The van der Waals surface area contributed by atoms with E-state index in [-0.39, 0.29) is 5.97 Å². The molecular formula is C21H24O2. The molecule has 2 aromatic carbocycles. The number of ether oxygens (including phenoxy) is 1. The van der Waals surface area contributed by atoms with Crippen molar-refractivity contribution in [2.24, 2.45) is 0 Å². The van der Waals surface area contributed by atoms with Gasteiger partial charge in [-0.1, -0.05) is 60.7 Å². The maximum absolute atomic E-state index is 12.2. The number of carbonyl (C=O) groups is 1. The number of rotatable bonds is 5. The maximum atomic E-state index is 12.2. The summed E-state index contributed by atoms with van der Waals surface area (Å²) < 4.78 is 5.43. The Morgan fingerprint density at radius 2 is 1.52 bits per heavy atom. The first kappa shape index (κ1) is 17.0. The number of hydrogen-bond donors (Lipinski definition) is 0. The van der Waals surface area contributed by atoms with Gasteiger partial charge in [0.1, 0.15) is 5.60 Å². The molecular weight excluding hydrogens is 284 g/mol. The predicted molar refractivity (Wildman–Crippen MR) is 95.0 cm³/mol. The zero-order valence-corrected chi connectivity index (χ0v) is 14.1. The summed E-state index contributed by atoms with van der Waals surface area (Å²) in [6.45, 7) is 5.64. The first-order valence-electron chi connectivity index (χ1n) is 7.97. The second-order valence-corrected chi connectivity index (χ2v) is 6.55. The number of allylic oxidation sites excluding steroid dienone is 1. The molecule has 0 unspecified atom stereocenters. The van der Waals surface area contributed by atoms with Gasteiger partial charge in [0, 0.05) is 6.08 Å². The molecule has 0 spiro atoms. The van der Waals surface area contributed by atoms with Crippen LogP contribution in [0, 0.1) is 0 Å². The fourth-order valence-corrected chi connectivity index (χ4v) is 2.35. The molecule has 0 bridgehead atoms. The van der Waals surface area contributed by atoms with Gasteiger partial charge < -0.3 is 4.74 Å². The Balaban J connectivity index is 2.17. The predicted octanol–water partition coefficient (Wildman–Crippen LogP) is 5.04. The van der Waals surface area contributed by atoms with Gasteiger partial charge in [0.15, 0.2) is 0 Å². The van der Waals surface area contributed by atoms with Crippen LogP contribution >= 0.6 is 0 Å². The standard InChI is InChI=1S/C21H24O2/c1-21(2,3)23-20(22)16-19(18-12-8-5-9-13-18)15-14-17-10-6-4-7-11-17/h4-13,16H,14-15H2,1-3H3/b19-16-. The van der Waals surface area contributed by atoms with Gasteiger partial charge in [0.05, 0.1) is 0 Å². The third-order valence-electron chi connectivity index (χ3n) is 3.37. The summed E-state index contributed by atoms with van der Waals surface area (Å²) >= 11 is 0. The Bertz CT molecular complexity index is 649. The Morgan fingerprint density at radius 3 is 2.09 bits per heavy atom. The minimum Gasteiger partial charge on any atom is -0.457 e. The second-order valence-electron chi connectivity index (χ2n) is 6.55. The van der Waals surface area contributed by atoms with E-state index in [4.69, 9.17) is 4.74 Å². The zero-order chi connectivity index (χ0) is 16.7. The Hall–Kier alpha value is -2.35. The first-order chi connectivity index (χ1) is 10.9. The molecule has 2 rings (SSSR count). The highest BCUT2D eigenvalue weighted by atomic mass is 16.6. The lowest BCUT2D eigenvalue weighted by Crippen LogP contribution is -2.22. The van der Waals surface area contributed by atoms with E-state index in [0.29, 0.717) is 0 Å². The van der Waals surface area contributed by atoms with Crippen molar-refractivity contribution in [3.8, 4) is 0 Å². The van der Waals surface area contributed by atoms with Gasteiger partial charge in [0.2, 0.25) is 0 Å². The van der Waals surface area contributed by atoms with Gasteiger partial charge in [-0.15, -0.1) is 0 Å². The molecule has 0 fully saturated rings. The van der Waals surface area contributed by atoms with Gasteiger partial charge in [-0.3, -0.25) is 0 Å². The fraction of sp³-hybridized carbons (Fsp3) is 0.286. The van der Waals surface area contributed by atoms with Gasteiger partial charge in [-0.05, 0) is 50.3 Å². The second kappa shape index (κ2) is 7.77. The van der Waals surface area contributed by atoms with Crippen LogP contribution in [-0.4, -0.2) is 11.6 Å². The molecule has 2 nitrogen and oxygen atoms in total. The van der Waals surface area contributed by atoms with Crippen molar-refractivity contribution >= 4 is 11.5 Å².